The van der Waals surface area contributed by atoms with Gasteiger partial charge in [0.1, 0.15) is 30.5 Å². The van der Waals surface area contributed by atoms with Crippen LogP contribution in [0.5, 0.6) is 5.75 Å². The summed E-state index contributed by atoms with van der Waals surface area (Å²) in [4.78, 5) is 68.9. The summed E-state index contributed by atoms with van der Waals surface area (Å²) in [6.07, 6.45) is 22.7. The lowest BCUT2D eigenvalue weighted by atomic mass is 10.0. The second-order valence-corrected chi connectivity index (χ2v) is 16.8. The number of rotatable bonds is 31. The molecule has 1 fully saturated rings. The molecule has 0 bridgehead atoms. The number of nitrogens with zero attached hydrogens (tertiary/aromatic N) is 3. The van der Waals surface area contributed by atoms with E-state index in [1.165, 1.54) is 96.5 Å². The Balaban J connectivity index is 1.38. The van der Waals surface area contributed by atoms with E-state index in [1.54, 1.807) is 18.2 Å². The largest absolute Gasteiger partial charge is 0.507 e. The average Bonchev–Trinajstić information content (AvgIpc) is 3.68. The van der Waals surface area contributed by atoms with E-state index in [0.717, 1.165) is 24.3 Å². The SMILES string of the molecule is CCCCCCCCCCCCCCCCCCCC(=O)N(O)CCCC[C@H](NC(=O)[C@@H]1COC(c2ccccc2O)=N1)C(=O)O[C@H](C)CC(=O)N[C@H]1CCCCN(O)C1=O. The number of ether oxygens (including phenoxy) is 2. The zero-order chi connectivity index (χ0) is 44.2. The van der Waals surface area contributed by atoms with Crippen molar-refractivity contribution in [3.63, 3.8) is 0 Å². The summed E-state index contributed by atoms with van der Waals surface area (Å²) in [5.41, 5.74) is 0.325. The highest BCUT2D eigenvalue weighted by molar-refractivity contribution is 6.00. The van der Waals surface area contributed by atoms with Crippen molar-refractivity contribution in [3.8, 4) is 5.75 Å². The molecular weight excluding hydrogens is 783 g/mol. The number of amides is 4. The van der Waals surface area contributed by atoms with Gasteiger partial charge in [0, 0.05) is 19.5 Å². The second kappa shape index (κ2) is 29.9. The van der Waals surface area contributed by atoms with Crippen molar-refractivity contribution in [3.05, 3.63) is 29.8 Å². The van der Waals surface area contributed by atoms with Crippen LogP contribution in [0.2, 0.25) is 0 Å². The third-order valence-corrected chi connectivity index (χ3v) is 11.4. The Morgan fingerprint density at radius 1 is 0.885 bits per heavy atom. The van der Waals surface area contributed by atoms with Gasteiger partial charge in [-0.1, -0.05) is 122 Å². The van der Waals surface area contributed by atoms with Crippen LogP contribution < -0.4 is 10.6 Å². The maximum Gasteiger partial charge on any atom is 0.328 e. The first-order valence-electron chi connectivity index (χ1n) is 23.3. The number of esters is 1. The first kappa shape index (κ1) is 51.1. The first-order valence-corrected chi connectivity index (χ1v) is 23.3. The molecule has 1 aromatic rings. The second-order valence-electron chi connectivity index (χ2n) is 16.8. The minimum atomic E-state index is -1.15. The van der Waals surface area contributed by atoms with Gasteiger partial charge in [-0.3, -0.25) is 29.6 Å². The molecule has 2 heterocycles. The van der Waals surface area contributed by atoms with E-state index in [-0.39, 0.29) is 56.5 Å². The highest BCUT2D eigenvalue weighted by Gasteiger charge is 2.33. The molecule has 4 atom stereocenters. The fraction of sp³-hybridized carbons (Fsp3) is 0.739. The predicted molar refractivity (Wildman–Crippen MR) is 232 cm³/mol. The standard InChI is InChI=1S/C46H75N5O10/c1-3-4-5-6-7-8-9-10-11-12-13-14-15-16-17-18-19-30-42(54)50(58)31-24-23-28-38(48-43(55)39-34-60-44(49-39)36-26-20-21-29-40(36)52)46(57)61-35(2)33-41(53)47-37-27-22-25-32-51(59)45(37)56/h20-21,26,29,35,37-39,52,58-59H,3-19,22-25,27-28,30-34H2,1-2H3,(H,47,53)(H,48,55)/t35-,37+,38+,39+/m1/s1. The van der Waals surface area contributed by atoms with Gasteiger partial charge in [0.25, 0.3) is 5.91 Å². The summed E-state index contributed by atoms with van der Waals surface area (Å²) in [5.74, 6) is -2.85. The summed E-state index contributed by atoms with van der Waals surface area (Å²) in [6.45, 7) is 3.91. The molecule has 15 nitrogen and oxygen atoms in total. The molecule has 61 heavy (non-hydrogen) atoms. The third kappa shape index (κ3) is 20.5. The summed E-state index contributed by atoms with van der Waals surface area (Å²) in [6, 6.07) is 3.38. The van der Waals surface area contributed by atoms with Gasteiger partial charge in [0.05, 0.1) is 12.0 Å². The number of para-hydroxylation sites is 1. The summed E-state index contributed by atoms with van der Waals surface area (Å²) in [5, 5.41) is 37.1. The monoisotopic (exact) mass is 858 g/mol. The van der Waals surface area contributed by atoms with Crippen LogP contribution in [0.4, 0.5) is 0 Å². The zero-order valence-electron chi connectivity index (χ0n) is 37.0. The molecule has 2 aliphatic heterocycles. The molecule has 0 spiro atoms. The van der Waals surface area contributed by atoms with E-state index < -0.39 is 47.9 Å². The minimum Gasteiger partial charge on any atom is -0.507 e. The van der Waals surface area contributed by atoms with Crippen LogP contribution in [0.15, 0.2) is 29.3 Å². The normalized spacial score (nSPS) is 17.5. The highest BCUT2D eigenvalue weighted by atomic mass is 16.5. The van der Waals surface area contributed by atoms with Crippen LogP contribution in [0.25, 0.3) is 0 Å². The Labute approximate surface area is 363 Å². The van der Waals surface area contributed by atoms with E-state index in [0.29, 0.717) is 49.2 Å². The number of hydrogen-bond donors (Lipinski definition) is 5. The topological polar surface area (TPSA) is 207 Å². The molecule has 0 aromatic heterocycles. The fourth-order valence-electron chi connectivity index (χ4n) is 7.69. The van der Waals surface area contributed by atoms with Crippen molar-refractivity contribution >= 4 is 35.5 Å². The minimum absolute atomic E-state index is 0.0555. The Morgan fingerprint density at radius 3 is 2.11 bits per heavy atom. The number of benzene rings is 1. The molecule has 0 radical (unpaired) electrons. The Bertz CT molecular complexity index is 1510. The van der Waals surface area contributed by atoms with E-state index in [1.807, 2.05) is 0 Å². The van der Waals surface area contributed by atoms with Crippen LogP contribution in [-0.4, -0.2) is 105 Å². The summed E-state index contributed by atoms with van der Waals surface area (Å²) < 4.78 is 11.2. The lowest BCUT2D eigenvalue weighted by Gasteiger charge is -2.23. The zero-order valence-corrected chi connectivity index (χ0v) is 37.0. The van der Waals surface area contributed by atoms with E-state index in [2.05, 4.69) is 22.5 Å². The number of carbonyl (C=O) groups is 5. The van der Waals surface area contributed by atoms with Crippen molar-refractivity contribution in [1.29, 1.82) is 0 Å². The van der Waals surface area contributed by atoms with E-state index >= 15 is 0 Å². The molecule has 0 saturated carbocycles. The Morgan fingerprint density at radius 2 is 1.49 bits per heavy atom. The lowest BCUT2D eigenvalue weighted by Crippen LogP contribution is -2.48. The van der Waals surface area contributed by atoms with Crippen molar-refractivity contribution in [2.75, 3.05) is 19.7 Å². The summed E-state index contributed by atoms with van der Waals surface area (Å²) >= 11 is 0. The third-order valence-electron chi connectivity index (χ3n) is 11.4. The maximum atomic E-state index is 13.4. The Kier molecular flexibility index (Phi) is 25.1. The van der Waals surface area contributed by atoms with Crippen molar-refractivity contribution in [2.45, 2.75) is 199 Å². The van der Waals surface area contributed by atoms with Crippen molar-refractivity contribution < 1.29 is 49.0 Å². The van der Waals surface area contributed by atoms with Crippen molar-refractivity contribution in [1.82, 2.24) is 20.8 Å². The van der Waals surface area contributed by atoms with Crippen LogP contribution in [-0.2, 0) is 33.4 Å². The quantitative estimate of drug-likeness (QED) is 0.0213. The van der Waals surface area contributed by atoms with Gasteiger partial charge in [-0.2, -0.15) is 0 Å². The number of unbranched alkanes of at least 4 members (excludes halogenated alkanes) is 17. The Hall–Kier alpha value is -4.24. The number of aromatic hydroxyl groups is 1. The number of nitrogens with one attached hydrogen (secondary N) is 2. The lowest BCUT2D eigenvalue weighted by molar-refractivity contribution is -0.167. The van der Waals surface area contributed by atoms with Gasteiger partial charge in [-0.15, -0.1) is 0 Å². The molecule has 0 unspecified atom stereocenters. The highest BCUT2D eigenvalue weighted by Crippen LogP contribution is 2.22. The van der Waals surface area contributed by atoms with Gasteiger partial charge in [0.2, 0.25) is 23.6 Å². The molecule has 344 valence electrons. The van der Waals surface area contributed by atoms with E-state index in [4.69, 9.17) is 9.47 Å². The molecule has 1 aromatic carbocycles. The van der Waals surface area contributed by atoms with Crippen molar-refractivity contribution in [2.24, 2.45) is 4.99 Å². The average molecular weight is 858 g/mol. The number of hydroxylamine groups is 4. The number of carbonyl (C=O) groups excluding carboxylic acids is 5. The predicted octanol–water partition coefficient (Wildman–Crippen LogP) is 7.66. The van der Waals surface area contributed by atoms with Crippen LogP contribution in [0.1, 0.15) is 180 Å². The summed E-state index contributed by atoms with van der Waals surface area (Å²) in [7, 11) is 0. The first-order chi connectivity index (χ1) is 29.5. The number of aliphatic imine (C=N–C) groups is 1. The number of phenols is 1. The van der Waals surface area contributed by atoms with Crippen LogP contribution >= 0.6 is 0 Å². The molecule has 2 aliphatic rings. The molecular formula is C46H75N5O10. The fourth-order valence-corrected chi connectivity index (χ4v) is 7.69. The van der Waals surface area contributed by atoms with Gasteiger partial charge >= 0.3 is 5.97 Å². The smallest absolute Gasteiger partial charge is 0.328 e. The maximum absolute atomic E-state index is 13.4. The number of phenolic OH excluding ortho intramolecular Hbond substituents is 1. The molecule has 4 amide bonds. The molecule has 3 rings (SSSR count). The van der Waals surface area contributed by atoms with Gasteiger partial charge in [-0.25, -0.2) is 19.9 Å². The van der Waals surface area contributed by atoms with Gasteiger partial charge < -0.3 is 25.2 Å². The molecule has 1 saturated heterocycles. The molecule has 0 aliphatic carbocycles. The van der Waals surface area contributed by atoms with Crippen LogP contribution in [0, 0.1) is 0 Å². The van der Waals surface area contributed by atoms with E-state index in [9.17, 15) is 39.5 Å². The number of hydrogen-bond acceptors (Lipinski definition) is 11. The van der Waals surface area contributed by atoms with Crippen LogP contribution in [0.3, 0.4) is 0 Å². The molecule has 15 heteroatoms. The van der Waals surface area contributed by atoms with Gasteiger partial charge in [-0.05, 0) is 64.0 Å². The van der Waals surface area contributed by atoms with Gasteiger partial charge in [0.15, 0.2) is 6.04 Å². The molecule has 5 N–H and O–H groups in total.